The highest BCUT2D eigenvalue weighted by Gasteiger charge is 2.25. The van der Waals surface area contributed by atoms with E-state index >= 15 is 0 Å². The number of pyridine rings is 1. The van der Waals surface area contributed by atoms with E-state index in [1.54, 1.807) is 19.1 Å². The Morgan fingerprint density at radius 2 is 2.10 bits per heavy atom. The lowest BCUT2D eigenvalue weighted by molar-refractivity contribution is -0.385. The summed E-state index contributed by atoms with van der Waals surface area (Å²) in [7, 11) is -3.52. The second-order valence-corrected chi connectivity index (χ2v) is 7.26. The number of aromatic nitrogens is 1. The van der Waals surface area contributed by atoms with Crippen LogP contribution in [0.2, 0.25) is 0 Å². The minimum Gasteiger partial charge on any atom is -0.438 e. The molecule has 106 valence electrons. The van der Waals surface area contributed by atoms with Crippen LogP contribution in [-0.4, -0.2) is 24.6 Å². The third kappa shape index (κ3) is 3.11. The summed E-state index contributed by atoms with van der Waals surface area (Å²) in [4.78, 5) is 14.2. The molecule has 2 aromatic heterocycles. The van der Waals surface area contributed by atoms with E-state index in [-0.39, 0.29) is 15.0 Å². The fourth-order valence-electron chi connectivity index (χ4n) is 1.35. The van der Waals surface area contributed by atoms with E-state index in [1.807, 2.05) is 0 Å². The molecule has 2 heterocycles. The number of hydrogen-bond donors (Lipinski definition) is 0. The summed E-state index contributed by atoms with van der Waals surface area (Å²) >= 11 is 0.714. The molecule has 0 aliphatic heterocycles. The summed E-state index contributed by atoms with van der Waals surface area (Å²) in [5, 5.41) is 10.8. The molecule has 0 N–H and O–H groups in total. The Bertz CT molecular complexity index is 750. The molecule has 0 saturated carbocycles. The van der Waals surface area contributed by atoms with Gasteiger partial charge in [0.15, 0.2) is 9.84 Å². The van der Waals surface area contributed by atoms with Crippen molar-refractivity contribution in [2.45, 2.75) is 11.1 Å². The molecule has 0 fully saturated rings. The lowest BCUT2D eigenvalue weighted by atomic mass is 10.4. The molecule has 0 atom stereocenters. The van der Waals surface area contributed by atoms with Gasteiger partial charge in [-0.15, -0.1) is 0 Å². The molecule has 0 saturated heterocycles. The molecule has 9 heteroatoms. The van der Waals surface area contributed by atoms with Gasteiger partial charge in [0.2, 0.25) is 0 Å². The van der Waals surface area contributed by atoms with Crippen molar-refractivity contribution in [1.82, 2.24) is 4.98 Å². The Kier molecular flexibility index (Phi) is 3.73. The van der Waals surface area contributed by atoms with Crippen LogP contribution in [0.5, 0.6) is 10.8 Å². The van der Waals surface area contributed by atoms with Crippen molar-refractivity contribution in [3.8, 4) is 10.8 Å². The predicted octanol–water partition coefficient (Wildman–Crippen LogP) is 2.56. The van der Waals surface area contributed by atoms with E-state index in [0.717, 1.165) is 18.0 Å². The van der Waals surface area contributed by atoms with Crippen molar-refractivity contribution < 1.29 is 18.1 Å². The molecule has 0 aromatic carbocycles. The van der Waals surface area contributed by atoms with Gasteiger partial charge in [0.25, 0.3) is 5.06 Å². The molecule has 0 amide bonds. The molecule has 0 aliphatic rings. The van der Waals surface area contributed by atoms with Crippen LogP contribution in [0.25, 0.3) is 0 Å². The van der Waals surface area contributed by atoms with Gasteiger partial charge in [0, 0.05) is 18.0 Å². The molecule has 0 radical (unpaired) electrons. The van der Waals surface area contributed by atoms with Gasteiger partial charge in [-0.2, -0.15) is 0 Å². The van der Waals surface area contributed by atoms with E-state index in [2.05, 4.69) is 4.98 Å². The van der Waals surface area contributed by atoms with E-state index in [1.165, 1.54) is 6.20 Å². The Labute approximate surface area is 118 Å². The number of thiophene rings is 1. The highest BCUT2D eigenvalue weighted by Crippen LogP contribution is 2.41. The molecule has 2 rings (SSSR count). The standard InChI is InChI=1S/C11H10N2O5S2/c1-7-3-4-8(6-12-7)18-11-9(13(14)15)5-10(19-11)20(2,16)17/h3-6H,1-2H3. The number of ether oxygens (including phenoxy) is 1. The second-order valence-electron chi connectivity index (χ2n) is 4.00. The summed E-state index contributed by atoms with van der Waals surface area (Å²) < 4.78 is 28.1. The van der Waals surface area contributed by atoms with Gasteiger partial charge >= 0.3 is 5.69 Å². The number of nitrogens with zero attached hydrogens (tertiary/aromatic N) is 2. The van der Waals surface area contributed by atoms with E-state index in [0.29, 0.717) is 17.1 Å². The average Bonchev–Trinajstić information content (AvgIpc) is 2.76. The lowest BCUT2D eigenvalue weighted by Crippen LogP contribution is -1.92. The molecule has 0 bridgehead atoms. The first-order valence-corrected chi connectivity index (χ1v) is 8.07. The van der Waals surface area contributed by atoms with Gasteiger partial charge < -0.3 is 4.74 Å². The van der Waals surface area contributed by atoms with Crippen LogP contribution in [0.4, 0.5) is 5.69 Å². The zero-order valence-corrected chi connectivity index (χ0v) is 12.2. The van der Waals surface area contributed by atoms with E-state index < -0.39 is 14.8 Å². The highest BCUT2D eigenvalue weighted by molar-refractivity contribution is 7.92. The molecule has 0 spiro atoms. The van der Waals surface area contributed by atoms with Crippen LogP contribution in [0.3, 0.4) is 0 Å². The number of aryl methyl sites for hydroxylation is 1. The summed E-state index contributed by atoms with van der Waals surface area (Å²) in [6, 6.07) is 4.29. The summed E-state index contributed by atoms with van der Waals surface area (Å²) in [5.41, 5.74) is 0.394. The fourth-order valence-corrected chi connectivity index (χ4v) is 3.24. The van der Waals surface area contributed by atoms with Gasteiger partial charge in [-0.3, -0.25) is 15.1 Å². The third-order valence-electron chi connectivity index (χ3n) is 2.31. The minimum absolute atomic E-state index is 0.0823. The fraction of sp³-hybridized carbons (Fsp3) is 0.182. The second kappa shape index (κ2) is 5.17. The maximum atomic E-state index is 11.4. The average molecular weight is 314 g/mol. The molecular formula is C11H10N2O5S2. The zero-order valence-electron chi connectivity index (χ0n) is 10.6. The minimum atomic E-state index is -3.52. The van der Waals surface area contributed by atoms with Crippen molar-refractivity contribution in [1.29, 1.82) is 0 Å². The monoisotopic (exact) mass is 314 g/mol. The Hall–Kier alpha value is -2.00. The first kappa shape index (κ1) is 14.4. The summed E-state index contributed by atoms with van der Waals surface area (Å²) in [5.74, 6) is 0.306. The summed E-state index contributed by atoms with van der Waals surface area (Å²) in [6.07, 6.45) is 2.40. The zero-order chi connectivity index (χ0) is 14.9. The van der Waals surface area contributed by atoms with E-state index in [4.69, 9.17) is 4.74 Å². The SMILES string of the molecule is Cc1ccc(Oc2sc(S(C)(=O)=O)cc2[N+](=O)[O-])cn1. The normalized spacial score (nSPS) is 11.3. The van der Waals surface area contributed by atoms with Gasteiger partial charge in [0.1, 0.15) is 9.96 Å². The molecule has 0 unspecified atom stereocenters. The van der Waals surface area contributed by atoms with Crippen LogP contribution in [0, 0.1) is 17.0 Å². The third-order valence-corrected chi connectivity index (χ3v) is 5.12. The first-order chi connectivity index (χ1) is 9.27. The molecule has 0 aliphatic carbocycles. The number of nitro groups is 1. The molecule has 20 heavy (non-hydrogen) atoms. The molecule has 7 nitrogen and oxygen atoms in total. The quantitative estimate of drug-likeness (QED) is 0.635. The predicted molar refractivity (Wildman–Crippen MR) is 73.1 cm³/mol. The van der Waals surface area contributed by atoms with Gasteiger partial charge in [-0.25, -0.2) is 8.42 Å². The first-order valence-electron chi connectivity index (χ1n) is 5.36. The smallest absolute Gasteiger partial charge is 0.324 e. The molecular weight excluding hydrogens is 304 g/mol. The van der Waals surface area contributed by atoms with Gasteiger partial charge in [-0.05, 0) is 19.1 Å². The Balaban J connectivity index is 2.42. The highest BCUT2D eigenvalue weighted by atomic mass is 32.2. The Morgan fingerprint density at radius 1 is 1.40 bits per heavy atom. The van der Waals surface area contributed by atoms with E-state index in [9.17, 15) is 18.5 Å². The number of hydrogen-bond acceptors (Lipinski definition) is 7. The van der Waals surface area contributed by atoms with Crippen LogP contribution < -0.4 is 4.74 Å². The van der Waals surface area contributed by atoms with Crippen LogP contribution in [0.1, 0.15) is 5.69 Å². The lowest BCUT2D eigenvalue weighted by Gasteiger charge is -2.01. The van der Waals surface area contributed by atoms with Crippen molar-refractivity contribution in [2.24, 2.45) is 0 Å². The van der Waals surface area contributed by atoms with Crippen LogP contribution in [-0.2, 0) is 9.84 Å². The van der Waals surface area contributed by atoms with Crippen molar-refractivity contribution in [3.63, 3.8) is 0 Å². The van der Waals surface area contributed by atoms with Gasteiger partial charge in [-0.1, -0.05) is 11.3 Å². The largest absolute Gasteiger partial charge is 0.438 e. The maximum Gasteiger partial charge on any atom is 0.324 e. The number of sulfone groups is 1. The Morgan fingerprint density at radius 3 is 2.60 bits per heavy atom. The molecule has 2 aromatic rings. The van der Waals surface area contributed by atoms with Gasteiger partial charge in [0.05, 0.1) is 11.1 Å². The maximum absolute atomic E-state index is 11.4. The van der Waals surface area contributed by atoms with Crippen molar-refractivity contribution >= 4 is 26.9 Å². The van der Waals surface area contributed by atoms with Crippen molar-refractivity contribution in [3.05, 3.63) is 40.2 Å². The number of rotatable bonds is 4. The van der Waals surface area contributed by atoms with Crippen LogP contribution >= 0.6 is 11.3 Å². The topological polar surface area (TPSA) is 99.4 Å². The summed E-state index contributed by atoms with van der Waals surface area (Å²) in [6.45, 7) is 1.79. The van der Waals surface area contributed by atoms with Crippen LogP contribution in [0.15, 0.2) is 28.6 Å². The van der Waals surface area contributed by atoms with Crippen molar-refractivity contribution in [2.75, 3.05) is 6.26 Å².